The molecule has 0 aliphatic heterocycles. The number of amides is 1. The van der Waals surface area contributed by atoms with Crippen LogP contribution in [-0.2, 0) is 43.1 Å². The second-order valence-corrected chi connectivity index (χ2v) is 15.2. The third kappa shape index (κ3) is 7.28. The second-order valence-electron chi connectivity index (χ2n) is 14.6. The topological polar surface area (TPSA) is 226 Å². The van der Waals surface area contributed by atoms with Crippen LogP contribution in [-0.4, -0.2) is 86.5 Å². The van der Waals surface area contributed by atoms with E-state index in [1.165, 1.54) is 6.08 Å². The summed E-state index contributed by atoms with van der Waals surface area (Å²) in [6, 6.07) is -1.65. The Morgan fingerprint density at radius 2 is 1.84 bits per heavy atom. The fraction of sp³-hybridized carbons (Fsp3) is 0.714. The zero-order chi connectivity index (χ0) is 37.9. The summed E-state index contributed by atoms with van der Waals surface area (Å²) in [4.78, 5) is 89.8. The lowest BCUT2D eigenvalue weighted by atomic mass is 9.45. The van der Waals surface area contributed by atoms with Crippen LogP contribution in [0.25, 0.3) is 0 Å². The van der Waals surface area contributed by atoms with Gasteiger partial charge in [0.25, 0.3) is 5.09 Å². The number of ketones is 2. The van der Waals surface area contributed by atoms with Gasteiger partial charge in [0, 0.05) is 29.6 Å². The standard InChI is InChI=1S/C35H47ClN2O13/c1-5-29(43)51-35(27(41)19-49-30(44)17-25(31(45)46)37-28(42)9-7-6-8-14-50-38(47)48)20(2)15-24-23-11-10-21-16-22(39)12-13-32(21,3)34(23,36)26(40)18-33(24,35)4/h12-13,16,20,23-26,40H,5-11,14-15,17-19H2,1-4H3,(H,37,42)(H,45,46)/t20-,23-,24-,25?,26-,32-,33-,34-,35-/m0/s1. The number of alkyl halides is 1. The average molecular weight is 739 g/mol. The van der Waals surface area contributed by atoms with Crippen molar-refractivity contribution in [2.75, 3.05) is 13.2 Å². The van der Waals surface area contributed by atoms with Crippen molar-refractivity contribution in [1.29, 1.82) is 0 Å². The molecular weight excluding hydrogens is 692 g/mol. The summed E-state index contributed by atoms with van der Waals surface area (Å²) in [5.74, 6) is -6.01. The molecule has 0 bridgehead atoms. The summed E-state index contributed by atoms with van der Waals surface area (Å²) in [7, 11) is 0. The van der Waals surface area contributed by atoms with Crippen LogP contribution < -0.4 is 5.32 Å². The minimum atomic E-state index is -1.81. The Morgan fingerprint density at radius 1 is 1.14 bits per heavy atom. The van der Waals surface area contributed by atoms with E-state index in [-0.39, 0.29) is 43.5 Å². The van der Waals surface area contributed by atoms with Gasteiger partial charge >= 0.3 is 17.9 Å². The minimum Gasteiger partial charge on any atom is -0.480 e. The Hall–Kier alpha value is -3.85. The number of hydrogen-bond donors (Lipinski definition) is 3. The Kier molecular flexibility index (Phi) is 12.1. The van der Waals surface area contributed by atoms with Gasteiger partial charge in [-0.05, 0) is 62.5 Å². The van der Waals surface area contributed by atoms with E-state index in [0.717, 1.165) is 5.57 Å². The third-order valence-electron chi connectivity index (χ3n) is 11.8. The molecule has 0 aromatic rings. The minimum absolute atomic E-state index is 0.0286. The molecule has 0 aromatic heterocycles. The lowest BCUT2D eigenvalue weighted by molar-refractivity contribution is -0.757. The van der Waals surface area contributed by atoms with Crippen molar-refractivity contribution in [3.05, 3.63) is 33.9 Å². The number of rotatable bonds is 16. The van der Waals surface area contributed by atoms with Crippen LogP contribution in [0.4, 0.5) is 0 Å². The highest BCUT2D eigenvalue weighted by Crippen LogP contribution is 2.72. The van der Waals surface area contributed by atoms with Gasteiger partial charge in [-0.1, -0.05) is 45.8 Å². The van der Waals surface area contributed by atoms with Crippen molar-refractivity contribution in [3.63, 3.8) is 0 Å². The van der Waals surface area contributed by atoms with Crippen LogP contribution in [0.3, 0.4) is 0 Å². The zero-order valence-corrected chi connectivity index (χ0v) is 30.1. The Bertz CT molecular complexity index is 1510. The first kappa shape index (κ1) is 39.9. The maximum absolute atomic E-state index is 14.3. The van der Waals surface area contributed by atoms with Crippen molar-refractivity contribution < 1.29 is 58.4 Å². The number of halogens is 1. The Balaban J connectivity index is 1.49. The highest BCUT2D eigenvalue weighted by atomic mass is 35.5. The van der Waals surface area contributed by atoms with Crippen LogP contribution in [0.1, 0.15) is 91.9 Å². The normalized spacial score (nSPS) is 34.2. The number of carboxylic acid groups (broad SMARTS) is 1. The number of ether oxygens (including phenoxy) is 2. The van der Waals surface area contributed by atoms with Crippen LogP contribution in [0.5, 0.6) is 0 Å². The van der Waals surface area contributed by atoms with Gasteiger partial charge in [-0.25, -0.2) is 4.79 Å². The number of unbranched alkanes of at least 4 members (excludes halogenated alkanes) is 2. The molecule has 16 heteroatoms. The fourth-order valence-electron chi connectivity index (χ4n) is 9.30. The van der Waals surface area contributed by atoms with E-state index in [2.05, 4.69) is 10.2 Å². The Morgan fingerprint density at radius 3 is 2.49 bits per heavy atom. The monoisotopic (exact) mass is 738 g/mol. The summed E-state index contributed by atoms with van der Waals surface area (Å²) < 4.78 is 11.4. The predicted molar refractivity (Wildman–Crippen MR) is 178 cm³/mol. The van der Waals surface area contributed by atoms with E-state index in [1.807, 2.05) is 6.92 Å². The number of aliphatic hydroxyl groups excluding tert-OH is 1. The number of esters is 2. The van der Waals surface area contributed by atoms with Gasteiger partial charge in [0.2, 0.25) is 11.7 Å². The molecule has 4 aliphatic carbocycles. The highest BCUT2D eigenvalue weighted by Gasteiger charge is 2.76. The summed E-state index contributed by atoms with van der Waals surface area (Å²) in [6.07, 6.45) is 5.13. The highest BCUT2D eigenvalue weighted by molar-refractivity contribution is 6.26. The molecule has 0 saturated heterocycles. The van der Waals surface area contributed by atoms with Gasteiger partial charge < -0.3 is 29.8 Å². The summed E-state index contributed by atoms with van der Waals surface area (Å²) in [6.45, 7) is 6.07. The molecule has 4 rings (SSSR count). The van der Waals surface area contributed by atoms with E-state index in [4.69, 9.17) is 21.1 Å². The smallest absolute Gasteiger partial charge is 0.326 e. The van der Waals surface area contributed by atoms with Crippen LogP contribution in [0, 0.1) is 38.7 Å². The van der Waals surface area contributed by atoms with Gasteiger partial charge in [-0.2, -0.15) is 0 Å². The SMILES string of the molecule is CCC(=O)O[C@]1(C(=O)COC(=O)CC(NC(=O)CCCCCO[N+](=O)[O-])C(=O)O)[C@@H](C)C[C@H]2[C@@H]3CCC4=CC(=O)C=C[C@]4(C)[C@@]3(Cl)[C@@H](O)C[C@@]21C. The van der Waals surface area contributed by atoms with Gasteiger partial charge in [-0.15, -0.1) is 21.7 Å². The molecule has 3 N–H and O–H groups in total. The molecule has 282 valence electrons. The molecule has 3 fully saturated rings. The molecule has 51 heavy (non-hydrogen) atoms. The van der Waals surface area contributed by atoms with E-state index >= 15 is 0 Å². The number of carbonyl (C=O) groups is 6. The molecule has 1 amide bonds. The van der Waals surface area contributed by atoms with Crippen LogP contribution >= 0.6 is 11.6 Å². The largest absolute Gasteiger partial charge is 0.480 e. The maximum atomic E-state index is 14.3. The number of nitrogens with zero attached hydrogens (tertiary/aromatic N) is 1. The number of hydrogen-bond acceptors (Lipinski definition) is 12. The van der Waals surface area contributed by atoms with Crippen molar-refractivity contribution in [1.82, 2.24) is 5.32 Å². The molecule has 9 atom stereocenters. The molecule has 0 radical (unpaired) electrons. The number of carbonyl (C=O) groups excluding carboxylic acids is 5. The summed E-state index contributed by atoms with van der Waals surface area (Å²) in [5, 5.41) is 33.1. The van der Waals surface area contributed by atoms with Gasteiger partial charge in [0.1, 0.15) is 6.04 Å². The first-order valence-corrected chi connectivity index (χ1v) is 17.8. The lowest BCUT2D eigenvalue weighted by Crippen LogP contribution is -2.69. The van der Waals surface area contributed by atoms with Crippen LogP contribution in [0.15, 0.2) is 23.8 Å². The number of nitrogens with one attached hydrogen (secondary N) is 1. The summed E-state index contributed by atoms with van der Waals surface area (Å²) >= 11 is 7.52. The predicted octanol–water partition coefficient (Wildman–Crippen LogP) is 3.41. The number of carboxylic acids is 1. The molecule has 3 saturated carbocycles. The molecule has 0 aromatic carbocycles. The third-order valence-corrected chi connectivity index (χ3v) is 12.7. The van der Waals surface area contributed by atoms with Gasteiger partial charge in [0.15, 0.2) is 18.0 Å². The number of Topliss-reactive ketones (excluding diaryl/α,β-unsaturated/α-hetero) is 1. The fourth-order valence-corrected chi connectivity index (χ4v) is 9.82. The molecular formula is C35H47ClN2O13. The molecule has 15 nitrogen and oxygen atoms in total. The average Bonchev–Trinajstić information content (AvgIpc) is 3.27. The van der Waals surface area contributed by atoms with E-state index in [9.17, 15) is 49.1 Å². The maximum Gasteiger partial charge on any atom is 0.326 e. The quantitative estimate of drug-likeness (QED) is 0.0679. The van der Waals surface area contributed by atoms with E-state index < -0.39 is 87.1 Å². The van der Waals surface area contributed by atoms with Crippen molar-refractivity contribution in [3.8, 4) is 0 Å². The molecule has 4 aliphatic rings. The molecule has 0 heterocycles. The first-order valence-electron chi connectivity index (χ1n) is 17.4. The number of fused-ring (bicyclic) bond motifs is 5. The molecule has 1 unspecified atom stereocenters. The van der Waals surface area contributed by atoms with Crippen molar-refractivity contribution in [2.45, 2.75) is 115 Å². The molecule has 0 spiro atoms. The van der Waals surface area contributed by atoms with E-state index in [0.29, 0.717) is 38.5 Å². The van der Waals surface area contributed by atoms with Gasteiger partial charge in [-0.3, -0.25) is 24.0 Å². The lowest BCUT2D eigenvalue weighted by Gasteiger charge is -2.64. The van der Waals surface area contributed by atoms with Crippen molar-refractivity contribution in [2.24, 2.45) is 28.6 Å². The van der Waals surface area contributed by atoms with Crippen LogP contribution in [0.2, 0.25) is 0 Å². The van der Waals surface area contributed by atoms with E-state index in [1.54, 1.807) is 32.9 Å². The number of aliphatic hydroxyl groups is 1. The van der Waals surface area contributed by atoms with Crippen molar-refractivity contribution >= 4 is 47.0 Å². The zero-order valence-electron chi connectivity index (χ0n) is 29.3. The second kappa shape index (κ2) is 15.4. The summed E-state index contributed by atoms with van der Waals surface area (Å²) in [5.41, 5.74) is -2.96. The first-order chi connectivity index (χ1) is 23.9. The number of aliphatic carboxylic acids is 1. The Labute approximate surface area is 300 Å². The van der Waals surface area contributed by atoms with Gasteiger partial charge in [0.05, 0.1) is 24.0 Å². The number of allylic oxidation sites excluding steroid dienone is 4.